The van der Waals surface area contributed by atoms with Crippen LogP contribution in [0.5, 0.6) is 0 Å². The van der Waals surface area contributed by atoms with E-state index in [4.69, 9.17) is 5.26 Å². The smallest absolute Gasteiger partial charge is 0.310 e. The molecule has 0 spiro atoms. The predicted molar refractivity (Wildman–Crippen MR) is 62.5 cm³/mol. The number of rotatable bonds is 3. The van der Waals surface area contributed by atoms with Crippen molar-refractivity contribution < 1.29 is 9.59 Å². The molecule has 1 aromatic heterocycles. The van der Waals surface area contributed by atoms with Crippen molar-refractivity contribution in [3.8, 4) is 6.07 Å². The number of carbonyl (C=O) groups is 2. The molecule has 0 unspecified atom stereocenters. The van der Waals surface area contributed by atoms with Crippen molar-refractivity contribution in [1.29, 1.82) is 5.26 Å². The first-order chi connectivity index (χ1) is 7.65. The fourth-order valence-corrected chi connectivity index (χ4v) is 2.32. The monoisotopic (exact) mass is 301 g/mol. The molecule has 0 aliphatic carbocycles. The average Bonchev–Trinajstić information content (AvgIpc) is 2.68. The number of hydrogen-bond donors (Lipinski definition) is 2. The number of nitriles is 1. The summed E-state index contributed by atoms with van der Waals surface area (Å²) in [5, 5.41) is 14.7. The lowest BCUT2D eigenvalue weighted by Gasteiger charge is -2.03. The third-order valence-electron chi connectivity index (χ3n) is 1.63. The molecule has 1 rings (SSSR count). The molecular weight excluding hydrogens is 294 g/mol. The van der Waals surface area contributed by atoms with Crippen LogP contribution in [0.25, 0.3) is 0 Å². The fourth-order valence-electron chi connectivity index (χ4n) is 0.892. The van der Waals surface area contributed by atoms with Gasteiger partial charge >= 0.3 is 11.8 Å². The molecule has 0 fully saturated rings. The van der Waals surface area contributed by atoms with Gasteiger partial charge in [-0.05, 0) is 27.4 Å². The molecule has 2 amide bonds. The minimum absolute atomic E-state index is 0.172. The van der Waals surface area contributed by atoms with Crippen molar-refractivity contribution in [3.05, 3.63) is 20.8 Å². The van der Waals surface area contributed by atoms with Gasteiger partial charge < -0.3 is 10.6 Å². The fraction of sp³-hybridized carbons (Fsp3) is 0.222. The Morgan fingerprint density at radius 2 is 2.12 bits per heavy atom. The van der Waals surface area contributed by atoms with Crippen LogP contribution in [-0.4, -0.2) is 18.4 Å². The largest absolute Gasteiger partial charge is 0.343 e. The van der Waals surface area contributed by atoms with Crippen LogP contribution in [0.1, 0.15) is 4.88 Å². The molecule has 16 heavy (non-hydrogen) atoms. The molecule has 0 radical (unpaired) electrons. The van der Waals surface area contributed by atoms with Gasteiger partial charge in [0.25, 0.3) is 0 Å². The lowest BCUT2D eigenvalue weighted by atomic mass is 10.4. The normalized spacial score (nSPS) is 9.25. The molecule has 0 aliphatic heterocycles. The van der Waals surface area contributed by atoms with E-state index < -0.39 is 11.8 Å². The van der Waals surface area contributed by atoms with Crippen molar-refractivity contribution in [1.82, 2.24) is 10.6 Å². The number of hydrogen-bond acceptors (Lipinski definition) is 4. The summed E-state index contributed by atoms with van der Waals surface area (Å²) >= 11 is 4.79. The number of thiophene rings is 1. The van der Waals surface area contributed by atoms with Crippen molar-refractivity contribution in [2.45, 2.75) is 6.54 Å². The zero-order chi connectivity index (χ0) is 12.0. The highest BCUT2D eigenvalue weighted by molar-refractivity contribution is 9.10. The standard InChI is InChI=1S/C9H8BrN3O2S/c10-6-1-4-16-7(6)5-13-9(15)8(14)12-3-2-11/h1,4H,3,5H2,(H,12,14)(H,13,15). The van der Waals surface area contributed by atoms with Crippen LogP contribution in [0.2, 0.25) is 0 Å². The number of nitrogens with one attached hydrogen (secondary N) is 2. The van der Waals surface area contributed by atoms with Crippen molar-refractivity contribution in [3.63, 3.8) is 0 Å². The van der Waals surface area contributed by atoms with Crippen LogP contribution in [-0.2, 0) is 16.1 Å². The molecule has 0 atom stereocenters. The molecule has 2 N–H and O–H groups in total. The average molecular weight is 302 g/mol. The Bertz CT molecular complexity index is 438. The summed E-state index contributed by atoms with van der Waals surface area (Å²) in [6.45, 7) is 0.117. The van der Waals surface area contributed by atoms with Gasteiger partial charge in [-0.25, -0.2) is 0 Å². The Hall–Kier alpha value is -1.39. The van der Waals surface area contributed by atoms with Gasteiger partial charge in [0.05, 0.1) is 12.6 Å². The van der Waals surface area contributed by atoms with E-state index in [0.717, 1.165) is 9.35 Å². The highest BCUT2D eigenvalue weighted by atomic mass is 79.9. The van der Waals surface area contributed by atoms with E-state index in [2.05, 4.69) is 26.6 Å². The molecule has 0 aromatic carbocycles. The van der Waals surface area contributed by atoms with Crippen molar-refractivity contribution >= 4 is 39.1 Å². The van der Waals surface area contributed by atoms with Crippen LogP contribution in [0, 0.1) is 11.3 Å². The minimum atomic E-state index is -0.797. The van der Waals surface area contributed by atoms with Gasteiger partial charge in [0, 0.05) is 9.35 Å². The first-order valence-electron chi connectivity index (χ1n) is 4.30. The van der Waals surface area contributed by atoms with Gasteiger partial charge in [-0.3, -0.25) is 9.59 Å². The summed E-state index contributed by atoms with van der Waals surface area (Å²) in [5.74, 6) is -1.54. The van der Waals surface area contributed by atoms with E-state index in [1.54, 1.807) is 6.07 Å². The van der Waals surface area contributed by atoms with E-state index in [-0.39, 0.29) is 13.1 Å². The molecule has 0 aliphatic rings. The van der Waals surface area contributed by atoms with Crippen LogP contribution < -0.4 is 10.6 Å². The maximum Gasteiger partial charge on any atom is 0.310 e. The van der Waals surface area contributed by atoms with Gasteiger partial charge in [-0.2, -0.15) is 5.26 Å². The number of halogens is 1. The molecule has 7 heteroatoms. The topological polar surface area (TPSA) is 82.0 Å². The quantitative estimate of drug-likeness (QED) is 0.639. The highest BCUT2D eigenvalue weighted by Crippen LogP contribution is 2.21. The summed E-state index contributed by atoms with van der Waals surface area (Å²) in [6, 6.07) is 3.58. The predicted octanol–water partition coefficient (Wildman–Crippen LogP) is 0.767. The Morgan fingerprint density at radius 3 is 2.69 bits per heavy atom. The lowest BCUT2D eigenvalue weighted by Crippen LogP contribution is -2.39. The maximum absolute atomic E-state index is 11.2. The first-order valence-corrected chi connectivity index (χ1v) is 5.97. The second kappa shape index (κ2) is 6.25. The zero-order valence-electron chi connectivity index (χ0n) is 8.12. The molecule has 1 heterocycles. The molecule has 84 valence electrons. The Kier molecular flexibility index (Phi) is 4.95. The van der Waals surface area contributed by atoms with Gasteiger partial charge in [0.1, 0.15) is 6.54 Å². The van der Waals surface area contributed by atoms with Crippen LogP contribution >= 0.6 is 27.3 Å². The Labute approximate surface area is 105 Å². The maximum atomic E-state index is 11.2. The van der Waals surface area contributed by atoms with Crippen LogP contribution in [0.15, 0.2) is 15.9 Å². The summed E-state index contributed by atoms with van der Waals surface area (Å²) in [5.41, 5.74) is 0. The summed E-state index contributed by atoms with van der Waals surface area (Å²) in [6.07, 6.45) is 0. The Morgan fingerprint density at radius 1 is 1.44 bits per heavy atom. The molecule has 0 saturated carbocycles. The second-order valence-corrected chi connectivity index (χ2v) is 4.57. The SMILES string of the molecule is N#CCNC(=O)C(=O)NCc1sccc1Br. The number of carbonyl (C=O) groups excluding carboxylic acids is 2. The first kappa shape index (κ1) is 12.7. The van der Waals surface area contributed by atoms with Gasteiger partial charge in [0.15, 0.2) is 0 Å². The third kappa shape index (κ3) is 3.64. The highest BCUT2D eigenvalue weighted by Gasteiger charge is 2.12. The summed E-state index contributed by atoms with van der Waals surface area (Å²) in [4.78, 5) is 23.2. The number of amides is 2. The molecule has 5 nitrogen and oxygen atoms in total. The van der Waals surface area contributed by atoms with Gasteiger partial charge in [0.2, 0.25) is 0 Å². The van der Waals surface area contributed by atoms with E-state index in [0.29, 0.717) is 0 Å². The van der Waals surface area contributed by atoms with Crippen molar-refractivity contribution in [2.75, 3.05) is 6.54 Å². The molecule has 1 aromatic rings. The zero-order valence-corrected chi connectivity index (χ0v) is 10.5. The van der Waals surface area contributed by atoms with E-state index >= 15 is 0 Å². The summed E-state index contributed by atoms with van der Waals surface area (Å²) in [7, 11) is 0. The van der Waals surface area contributed by atoms with E-state index in [9.17, 15) is 9.59 Å². The number of nitrogens with zero attached hydrogens (tertiary/aromatic N) is 1. The van der Waals surface area contributed by atoms with E-state index in [1.807, 2.05) is 11.4 Å². The Balaban J connectivity index is 2.39. The van der Waals surface area contributed by atoms with Gasteiger partial charge in [-0.15, -0.1) is 11.3 Å². The molecule has 0 bridgehead atoms. The minimum Gasteiger partial charge on any atom is -0.343 e. The molecule has 0 saturated heterocycles. The van der Waals surface area contributed by atoms with Crippen LogP contribution in [0.3, 0.4) is 0 Å². The second-order valence-electron chi connectivity index (χ2n) is 2.72. The van der Waals surface area contributed by atoms with Crippen LogP contribution in [0.4, 0.5) is 0 Å². The van der Waals surface area contributed by atoms with Crippen molar-refractivity contribution in [2.24, 2.45) is 0 Å². The summed E-state index contributed by atoms with van der Waals surface area (Å²) < 4.78 is 0.898. The van der Waals surface area contributed by atoms with Gasteiger partial charge in [-0.1, -0.05) is 0 Å². The third-order valence-corrected chi connectivity index (χ3v) is 3.56. The van der Waals surface area contributed by atoms with E-state index in [1.165, 1.54) is 11.3 Å². The molecular formula is C9H8BrN3O2S. The lowest BCUT2D eigenvalue weighted by molar-refractivity contribution is -0.139.